The highest BCUT2D eigenvalue weighted by Crippen LogP contribution is 2.10. The van der Waals surface area contributed by atoms with E-state index in [1.807, 2.05) is 25.1 Å². The van der Waals surface area contributed by atoms with E-state index in [-0.39, 0.29) is 0 Å². The first kappa shape index (κ1) is 9.85. The molecule has 0 aliphatic carbocycles. The normalized spacial score (nSPS) is 12.3. The molecule has 0 aliphatic heterocycles. The van der Waals surface area contributed by atoms with Crippen LogP contribution in [0.2, 0.25) is 0 Å². The fourth-order valence-electron chi connectivity index (χ4n) is 1.05. The second kappa shape index (κ2) is 4.71. The summed E-state index contributed by atoms with van der Waals surface area (Å²) < 4.78 is 0. The van der Waals surface area contributed by atoms with Gasteiger partial charge in [-0.25, -0.2) is 0 Å². The van der Waals surface area contributed by atoms with Crippen molar-refractivity contribution < 1.29 is 0 Å². The maximum atomic E-state index is 5.36. The lowest BCUT2D eigenvalue weighted by Crippen LogP contribution is -1.78. The Morgan fingerprint density at radius 2 is 2.00 bits per heavy atom. The molecule has 0 amide bonds. The fourth-order valence-corrected chi connectivity index (χ4v) is 1.05. The number of benzene rings is 1. The van der Waals surface area contributed by atoms with Crippen molar-refractivity contribution in [3.63, 3.8) is 0 Å². The largest absolute Gasteiger partial charge is 0.129 e. The van der Waals surface area contributed by atoms with Crippen molar-refractivity contribution >= 4 is 13.9 Å². The molecule has 0 fully saturated rings. The Morgan fingerprint density at radius 3 is 2.62 bits per heavy atom. The number of allylic oxidation sites excluding steroid dienone is 2. The number of hydrogen-bond acceptors (Lipinski definition) is 0. The van der Waals surface area contributed by atoms with Crippen molar-refractivity contribution in [3.05, 3.63) is 53.0 Å². The van der Waals surface area contributed by atoms with Crippen LogP contribution in [0.15, 0.2) is 41.9 Å². The third-order valence-electron chi connectivity index (χ3n) is 1.98. The molecule has 0 heterocycles. The predicted molar refractivity (Wildman–Crippen MR) is 59.7 cm³/mol. The zero-order valence-corrected chi connectivity index (χ0v) is 8.12. The van der Waals surface area contributed by atoms with E-state index in [4.69, 9.17) is 7.85 Å². The third kappa shape index (κ3) is 2.94. The van der Waals surface area contributed by atoms with E-state index in [1.54, 1.807) is 5.98 Å². The number of hydrogen-bond donors (Lipinski definition) is 0. The number of aryl methyl sites for hydroxylation is 1. The first-order chi connectivity index (χ1) is 6.24. The molecule has 0 spiro atoms. The van der Waals surface area contributed by atoms with Crippen molar-refractivity contribution in [3.8, 4) is 0 Å². The molecular formula is C12H13B. The molecule has 1 heteroatoms. The van der Waals surface area contributed by atoms with Crippen molar-refractivity contribution in [1.29, 1.82) is 0 Å². The van der Waals surface area contributed by atoms with Crippen LogP contribution in [0.4, 0.5) is 0 Å². The Hall–Kier alpha value is -1.24. The van der Waals surface area contributed by atoms with Gasteiger partial charge < -0.3 is 0 Å². The van der Waals surface area contributed by atoms with E-state index in [0.717, 1.165) is 5.57 Å². The Morgan fingerprint density at radius 1 is 1.31 bits per heavy atom. The molecule has 0 nitrogen and oxygen atoms in total. The molecule has 1 rings (SSSR count). The summed E-state index contributed by atoms with van der Waals surface area (Å²) in [6, 6.07) is 8.27. The second-order valence-electron chi connectivity index (χ2n) is 3.10. The van der Waals surface area contributed by atoms with Crippen molar-refractivity contribution in [2.75, 3.05) is 0 Å². The van der Waals surface area contributed by atoms with Gasteiger partial charge in [0, 0.05) is 0 Å². The van der Waals surface area contributed by atoms with Crippen molar-refractivity contribution in [2.45, 2.75) is 13.8 Å². The summed E-state index contributed by atoms with van der Waals surface area (Å²) in [5.41, 5.74) is 3.59. The van der Waals surface area contributed by atoms with Crippen LogP contribution in [0.1, 0.15) is 18.1 Å². The van der Waals surface area contributed by atoms with Gasteiger partial charge in [0.1, 0.15) is 7.85 Å². The third-order valence-corrected chi connectivity index (χ3v) is 1.98. The van der Waals surface area contributed by atoms with E-state index >= 15 is 0 Å². The molecule has 0 saturated carbocycles. The van der Waals surface area contributed by atoms with Gasteiger partial charge in [-0.05, 0) is 25.0 Å². The topological polar surface area (TPSA) is 0 Å². The SMILES string of the molecule is [B]/C=C(C)/C=C/c1ccccc1C. The summed E-state index contributed by atoms with van der Waals surface area (Å²) >= 11 is 0. The molecule has 2 radical (unpaired) electrons. The van der Waals surface area contributed by atoms with Crippen molar-refractivity contribution in [1.82, 2.24) is 0 Å². The minimum atomic E-state index is 1.07. The molecule has 0 unspecified atom stereocenters. The first-order valence-electron chi connectivity index (χ1n) is 4.36. The smallest absolute Gasteiger partial charge is 0.103 e. The zero-order valence-electron chi connectivity index (χ0n) is 8.12. The molecule has 0 N–H and O–H groups in total. The Bertz CT molecular complexity index is 335. The Kier molecular flexibility index (Phi) is 3.57. The van der Waals surface area contributed by atoms with Gasteiger partial charge in [-0.3, -0.25) is 0 Å². The average Bonchev–Trinajstić information content (AvgIpc) is 2.16. The average molecular weight is 168 g/mol. The van der Waals surface area contributed by atoms with Gasteiger partial charge in [0.05, 0.1) is 0 Å². The zero-order chi connectivity index (χ0) is 9.68. The maximum Gasteiger partial charge on any atom is 0.103 e. The van der Waals surface area contributed by atoms with Gasteiger partial charge in [-0.15, -0.1) is 5.98 Å². The summed E-state index contributed by atoms with van der Waals surface area (Å²) in [5, 5.41) is 0. The molecule has 1 aromatic carbocycles. The second-order valence-corrected chi connectivity index (χ2v) is 3.10. The summed E-state index contributed by atoms with van der Waals surface area (Å²) in [4.78, 5) is 0. The summed E-state index contributed by atoms with van der Waals surface area (Å²) in [6.45, 7) is 4.08. The van der Waals surface area contributed by atoms with E-state index in [1.165, 1.54) is 11.1 Å². The molecule has 0 bridgehead atoms. The Balaban J connectivity index is 2.86. The summed E-state index contributed by atoms with van der Waals surface area (Å²) in [5.74, 6) is 1.61. The standard InChI is InChI=1S/C12H13B/c1-10(9-13)7-8-12-6-4-3-5-11(12)2/h3-9H,1-2H3/b8-7+,10-9+. The van der Waals surface area contributed by atoms with Gasteiger partial charge in [0.15, 0.2) is 0 Å². The van der Waals surface area contributed by atoms with Crippen LogP contribution in [-0.2, 0) is 0 Å². The minimum Gasteiger partial charge on any atom is -0.129 e. The van der Waals surface area contributed by atoms with Crippen LogP contribution >= 0.6 is 0 Å². The van der Waals surface area contributed by atoms with E-state index < -0.39 is 0 Å². The molecular weight excluding hydrogens is 155 g/mol. The van der Waals surface area contributed by atoms with Crippen LogP contribution in [0.25, 0.3) is 6.08 Å². The first-order valence-corrected chi connectivity index (χ1v) is 4.36. The highest BCUT2D eigenvalue weighted by atomic mass is 13.9. The van der Waals surface area contributed by atoms with Gasteiger partial charge in [-0.1, -0.05) is 42.0 Å². The molecule has 0 saturated heterocycles. The van der Waals surface area contributed by atoms with Crippen LogP contribution in [0.5, 0.6) is 0 Å². The van der Waals surface area contributed by atoms with E-state index in [2.05, 4.69) is 25.1 Å². The summed E-state index contributed by atoms with van der Waals surface area (Å²) in [6.07, 6.45) is 4.09. The molecule has 13 heavy (non-hydrogen) atoms. The quantitative estimate of drug-likeness (QED) is 0.470. The highest BCUT2D eigenvalue weighted by molar-refractivity contribution is 6.17. The summed E-state index contributed by atoms with van der Waals surface area (Å²) in [7, 11) is 5.36. The molecule has 0 aromatic heterocycles. The maximum absolute atomic E-state index is 5.36. The van der Waals surface area contributed by atoms with Crippen molar-refractivity contribution in [2.24, 2.45) is 0 Å². The molecule has 0 atom stereocenters. The molecule has 64 valence electrons. The van der Waals surface area contributed by atoms with Gasteiger partial charge in [0.2, 0.25) is 0 Å². The lowest BCUT2D eigenvalue weighted by molar-refractivity contribution is 1.44. The van der Waals surface area contributed by atoms with E-state index in [0.29, 0.717) is 0 Å². The minimum absolute atomic E-state index is 1.07. The predicted octanol–water partition coefficient (Wildman–Crippen LogP) is 3.08. The van der Waals surface area contributed by atoms with E-state index in [9.17, 15) is 0 Å². The van der Waals surface area contributed by atoms with Gasteiger partial charge in [-0.2, -0.15) is 0 Å². The number of rotatable bonds is 2. The Labute approximate surface area is 81.4 Å². The van der Waals surface area contributed by atoms with Gasteiger partial charge >= 0.3 is 0 Å². The van der Waals surface area contributed by atoms with Crippen LogP contribution in [0, 0.1) is 6.92 Å². The fraction of sp³-hybridized carbons (Fsp3) is 0.167. The van der Waals surface area contributed by atoms with Gasteiger partial charge in [0.25, 0.3) is 0 Å². The lowest BCUT2D eigenvalue weighted by atomic mass is 10.0. The monoisotopic (exact) mass is 168 g/mol. The van der Waals surface area contributed by atoms with Crippen LogP contribution in [-0.4, -0.2) is 7.85 Å². The van der Waals surface area contributed by atoms with Crippen LogP contribution < -0.4 is 0 Å². The molecule has 1 aromatic rings. The highest BCUT2D eigenvalue weighted by Gasteiger charge is 1.89. The van der Waals surface area contributed by atoms with Crippen LogP contribution in [0.3, 0.4) is 0 Å². The molecule has 0 aliphatic rings. The lowest BCUT2D eigenvalue weighted by Gasteiger charge is -1.98.